The lowest BCUT2D eigenvalue weighted by Gasteiger charge is -2.31. The number of aromatic nitrogens is 1. The Morgan fingerprint density at radius 3 is 2.62 bits per heavy atom. The number of nitrogens with zero attached hydrogens (tertiary/aromatic N) is 2. The summed E-state index contributed by atoms with van der Waals surface area (Å²) in [6.07, 6.45) is -0.973. The minimum Gasteiger partial charge on any atom is -0.479 e. The zero-order chi connectivity index (χ0) is 17.1. The number of aryl methyl sites for hydroxylation is 1. The summed E-state index contributed by atoms with van der Waals surface area (Å²) in [5.41, 5.74) is 2.90. The van der Waals surface area contributed by atoms with Crippen LogP contribution in [0.4, 0.5) is 0 Å². The number of morpholine rings is 1. The lowest BCUT2D eigenvalue weighted by atomic mass is 10.1. The normalized spacial score (nSPS) is 17.5. The van der Waals surface area contributed by atoms with Crippen molar-refractivity contribution in [3.8, 4) is 11.3 Å². The van der Waals surface area contributed by atoms with E-state index in [0.29, 0.717) is 17.8 Å². The number of ether oxygens (including phenoxy) is 1. The van der Waals surface area contributed by atoms with Crippen LogP contribution in [-0.4, -0.2) is 52.7 Å². The summed E-state index contributed by atoms with van der Waals surface area (Å²) in [4.78, 5) is 29.8. The Kier molecular flexibility index (Phi) is 4.57. The van der Waals surface area contributed by atoms with E-state index in [1.165, 1.54) is 4.90 Å². The van der Waals surface area contributed by atoms with Crippen molar-refractivity contribution in [3.63, 3.8) is 0 Å². The number of aliphatic carboxylic acids is 1. The molecule has 1 aliphatic heterocycles. The van der Waals surface area contributed by atoms with Gasteiger partial charge in [-0.15, -0.1) is 0 Å². The van der Waals surface area contributed by atoms with Crippen LogP contribution in [0.15, 0.2) is 42.5 Å². The van der Waals surface area contributed by atoms with Crippen LogP contribution in [-0.2, 0) is 9.53 Å². The fourth-order valence-electron chi connectivity index (χ4n) is 2.71. The molecule has 6 heteroatoms. The van der Waals surface area contributed by atoms with E-state index in [2.05, 4.69) is 4.98 Å². The molecule has 0 radical (unpaired) electrons. The molecular formula is C18H18N2O4. The second kappa shape index (κ2) is 6.80. The Morgan fingerprint density at radius 2 is 1.96 bits per heavy atom. The molecule has 3 rings (SSSR count). The van der Waals surface area contributed by atoms with E-state index in [4.69, 9.17) is 9.84 Å². The van der Waals surface area contributed by atoms with Crippen LogP contribution in [0.3, 0.4) is 0 Å². The molecule has 1 amide bonds. The van der Waals surface area contributed by atoms with Gasteiger partial charge in [0.2, 0.25) is 0 Å². The van der Waals surface area contributed by atoms with Crippen molar-refractivity contribution in [1.82, 2.24) is 9.88 Å². The number of carboxylic acid groups (broad SMARTS) is 1. The van der Waals surface area contributed by atoms with Gasteiger partial charge >= 0.3 is 5.97 Å². The standard InChI is InChI=1S/C18H18N2O4/c1-12-14(7-8-15(19-12)13-5-3-2-4-6-13)17(21)20-9-10-24-16(11-20)18(22)23/h2-8,16H,9-11H2,1H3,(H,22,23). The summed E-state index contributed by atoms with van der Waals surface area (Å²) in [5, 5.41) is 9.05. The Morgan fingerprint density at radius 1 is 1.21 bits per heavy atom. The molecule has 0 saturated carbocycles. The number of carboxylic acids is 1. The summed E-state index contributed by atoms with van der Waals surface area (Å²) in [5.74, 6) is -1.27. The number of amides is 1. The Bertz CT molecular complexity index is 761. The van der Waals surface area contributed by atoms with E-state index < -0.39 is 12.1 Å². The SMILES string of the molecule is Cc1nc(-c2ccccc2)ccc1C(=O)N1CCOC(C(=O)O)C1. The highest BCUT2D eigenvalue weighted by Crippen LogP contribution is 2.20. The Balaban J connectivity index is 1.82. The number of benzene rings is 1. The van der Waals surface area contributed by atoms with E-state index in [9.17, 15) is 9.59 Å². The number of pyridine rings is 1. The minimum atomic E-state index is -1.05. The molecule has 1 aromatic heterocycles. The van der Waals surface area contributed by atoms with Gasteiger partial charge in [0, 0.05) is 12.1 Å². The monoisotopic (exact) mass is 326 g/mol. The fraction of sp³-hybridized carbons (Fsp3) is 0.278. The van der Waals surface area contributed by atoms with Gasteiger partial charge in [0.15, 0.2) is 6.10 Å². The van der Waals surface area contributed by atoms with E-state index in [1.54, 1.807) is 13.0 Å². The maximum atomic E-state index is 12.7. The average molecular weight is 326 g/mol. The number of hydrogen-bond donors (Lipinski definition) is 1. The van der Waals surface area contributed by atoms with Gasteiger partial charge in [-0.1, -0.05) is 30.3 Å². The zero-order valence-electron chi connectivity index (χ0n) is 13.3. The smallest absolute Gasteiger partial charge is 0.334 e. The van der Waals surface area contributed by atoms with E-state index in [-0.39, 0.29) is 19.1 Å². The minimum absolute atomic E-state index is 0.0496. The van der Waals surface area contributed by atoms with Crippen LogP contribution < -0.4 is 0 Å². The molecule has 0 aliphatic carbocycles. The number of rotatable bonds is 3. The summed E-state index contributed by atoms with van der Waals surface area (Å²) in [7, 11) is 0. The Labute approximate surface area is 139 Å². The van der Waals surface area contributed by atoms with Gasteiger partial charge in [0.05, 0.1) is 30.1 Å². The molecule has 1 atom stereocenters. The largest absolute Gasteiger partial charge is 0.479 e. The summed E-state index contributed by atoms with van der Waals surface area (Å²) >= 11 is 0. The van der Waals surface area contributed by atoms with Crippen molar-refractivity contribution in [2.45, 2.75) is 13.0 Å². The average Bonchev–Trinajstić information content (AvgIpc) is 2.62. The molecule has 0 spiro atoms. The van der Waals surface area contributed by atoms with E-state index in [1.807, 2.05) is 36.4 Å². The zero-order valence-corrected chi connectivity index (χ0v) is 13.3. The lowest BCUT2D eigenvalue weighted by molar-refractivity contribution is -0.154. The molecule has 1 aliphatic rings. The maximum absolute atomic E-state index is 12.7. The molecule has 124 valence electrons. The van der Waals surface area contributed by atoms with Gasteiger partial charge < -0.3 is 14.7 Å². The molecular weight excluding hydrogens is 308 g/mol. The highest BCUT2D eigenvalue weighted by Gasteiger charge is 2.30. The second-order valence-corrected chi connectivity index (χ2v) is 5.64. The van der Waals surface area contributed by atoms with Gasteiger partial charge in [-0.05, 0) is 19.1 Å². The molecule has 1 N–H and O–H groups in total. The third-order valence-electron chi connectivity index (χ3n) is 4.01. The van der Waals surface area contributed by atoms with Gasteiger partial charge in [0.1, 0.15) is 0 Å². The van der Waals surface area contributed by atoms with Crippen LogP contribution in [0, 0.1) is 6.92 Å². The second-order valence-electron chi connectivity index (χ2n) is 5.64. The number of carbonyl (C=O) groups excluding carboxylic acids is 1. The number of hydrogen-bond acceptors (Lipinski definition) is 4. The molecule has 2 aromatic rings. The van der Waals surface area contributed by atoms with Gasteiger partial charge in [0.25, 0.3) is 5.91 Å². The summed E-state index contributed by atoms with van der Waals surface area (Å²) in [6.45, 7) is 2.43. The predicted molar refractivity (Wildman–Crippen MR) is 87.7 cm³/mol. The molecule has 24 heavy (non-hydrogen) atoms. The highest BCUT2D eigenvalue weighted by atomic mass is 16.5. The van der Waals surface area contributed by atoms with Crippen molar-refractivity contribution in [2.75, 3.05) is 19.7 Å². The first-order valence-corrected chi connectivity index (χ1v) is 7.73. The summed E-state index contributed by atoms with van der Waals surface area (Å²) in [6, 6.07) is 13.3. The lowest BCUT2D eigenvalue weighted by Crippen LogP contribution is -2.48. The van der Waals surface area contributed by atoms with Crippen LogP contribution in [0.1, 0.15) is 16.1 Å². The van der Waals surface area contributed by atoms with Crippen LogP contribution in [0.5, 0.6) is 0 Å². The van der Waals surface area contributed by atoms with Crippen molar-refractivity contribution >= 4 is 11.9 Å². The van der Waals surface area contributed by atoms with E-state index >= 15 is 0 Å². The van der Waals surface area contributed by atoms with Crippen LogP contribution in [0.2, 0.25) is 0 Å². The third kappa shape index (κ3) is 3.28. The van der Waals surface area contributed by atoms with Gasteiger partial charge in [-0.25, -0.2) is 4.79 Å². The molecule has 6 nitrogen and oxygen atoms in total. The van der Waals surface area contributed by atoms with Crippen LogP contribution in [0.25, 0.3) is 11.3 Å². The molecule has 1 unspecified atom stereocenters. The summed E-state index contributed by atoms with van der Waals surface area (Å²) < 4.78 is 5.15. The molecule has 1 fully saturated rings. The molecule has 1 saturated heterocycles. The first kappa shape index (κ1) is 16.1. The van der Waals surface area contributed by atoms with Gasteiger partial charge in [-0.3, -0.25) is 9.78 Å². The first-order chi connectivity index (χ1) is 11.6. The molecule has 1 aromatic carbocycles. The van der Waals surface area contributed by atoms with Gasteiger partial charge in [-0.2, -0.15) is 0 Å². The third-order valence-corrected chi connectivity index (χ3v) is 4.01. The quantitative estimate of drug-likeness (QED) is 0.933. The fourth-order valence-corrected chi connectivity index (χ4v) is 2.71. The van der Waals surface area contributed by atoms with Crippen molar-refractivity contribution in [2.24, 2.45) is 0 Å². The first-order valence-electron chi connectivity index (χ1n) is 7.73. The number of carbonyl (C=O) groups is 2. The van der Waals surface area contributed by atoms with Crippen molar-refractivity contribution < 1.29 is 19.4 Å². The van der Waals surface area contributed by atoms with Crippen LogP contribution >= 0.6 is 0 Å². The maximum Gasteiger partial charge on any atom is 0.334 e. The molecule has 2 heterocycles. The highest BCUT2D eigenvalue weighted by molar-refractivity contribution is 5.96. The van der Waals surface area contributed by atoms with Crippen molar-refractivity contribution in [3.05, 3.63) is 53.7 Å². The van der Waals surface area contributed by atoms with E-state index in [0.717, 1.165) is 11.3 Å². The Hall–Kier alpha value is -2.73. The van der Waals surface area contributed by atoms with Crippen molar-refractivity contribution in [1.29, 1.82) is 0 Å². The topological polar surface area (TPSA) is 79.7 Å². The molecule has 0 bridgehead atoms. The predicted octanol–water partition coefficient (Wildman–Crippen LogP) is 1.98.